The Morgan fingerprint density at radius 3 is 2.48 bits per heavy atom. The van der Waals surface area contributed by atoms with E-state index in [9.17, 15) is 9.59 Å². The van der Waals surface area contributed by atoms with Gasteiger partial charge in [-0.25, -0.2) is 4.79 Å². The third-order valence-electron chi connectivity index (χ3n) is 3.63. The van der Waals surface area contributed by atoms with Gasteiger partial charge in [-0.15, -0.1) is 0 Å². The Bertz CT molecular complexity index is 704. The van der Waals surface area contributed by atoms with Gasteiger partial charge in [-0.2, -0.15) is 0 Å². The number of halogens is 1. The molecule has 0 spiro atoms. The van der Waals surface area contributed by atoms with E-state index in [1.54, 1.807) is 29.2 Å². The number of para-hydroxylation sites is 1. The van der Waals surface area contributed by atoms with Gasteiger partial charge in [0.15, 0.2) is 0 Å². The van der Waals surface area contributed by atoms with Crippen molar-refractivity contribution in [2.75, 3.05) is 16.8 Å². The van der Waals surface area contributed by atoms with Crippen LogP contribution in [-0.4, -0.2) is 24.5 Å². The van der Waals surface area contributed by atoms with Crippen molar-refractivity contribution in [2.45, 2.75) is 12.5 Å². The maximum atomic E-state index is 12.1. The smallest absolute Gasteiger partial charge is 0.319 e. The Hall–Kier alpha value is -2.53. The zero-order valence-electron chi connectivity index (χ0n) is 12.3. The van der Waals surface area contributed by atoms with E-state index in [1.807, 2.05) is 30.3 Å². The SMILES string of the molecule is O=C(Nc1ccc(Cl)cc1)N[C@H]1CC(=O)N(c2ccccc2)C1. The molecule has 2 aromatic carbocycles. The van der Waals surface area contributed by atoms with E-state index >= 15 is 0 Å². The van der Waals surface area contributed by atoms with Crippen LogP contribution in [0.15, 0.2) is 54.6 Å². The molecule has 1 heterocycles. The third-order valence-corrected chi connectivity index (χ3v) is 3.88. The number of hydrogen-bond acceptors (Lipinski definition) is 2. The molecular formula is C17H16ClN3O2. The number of hydrogen-bond donors (Lipinski definition) is 2. The minimum Gasteiger partial charge on any atom is -0.333 e. The lowest BCUT2D eigenvalue weighted by Gasteiger charge is -2.17. The fraction of sp³-hybridized carbons (Fsp3) is 0.176. The van der Waals surface area contributed by atoms with Gasteiger partial charge in [0.05, 0.1) is 6.04 Å². The number of benzene rings is 2. The molecule has 2 N–H and O–H groups in total. The molecule has 0 aliphatic carbocycles. The first kappa shape index (κ1) is 15.4. The quantitative estimate of drug-likeness (QED) is 0.908. The summed E-state index contributed by atoms with van der Waals surface area (Å²) in [5.74, 6) is 0.00740. The van der Waals surface area contributed by atoms with Crippen molar-refractivity contribution in [3.8, 4) is 0 Å². The zero-order valence-corrected chi connectivity index (χ0v) is 13.1. The summed E-state index contributed by atoms with van der Waals surface area (Å²) in [6, 6.07) is 15.7. The van der Waals surface area contributed by atoms with Gasteiger partial charge in [0.1, 0.15) is 0 Å². The average molecular weight is 330 g/mol. The highest BCUT2D eigenvalue weighted by Gasteiger charge is 2.31. The molecule has 6 heteroatoms. The fourth-order valence-electron chi connectivity index (χ4n) is 2.55. The minimum absolute atomic E-state index is 0.00740. The first-order chi connectivity index (χ1) is 11.1. The predicted octanol–water partition coefficient (Wildman–Crippen LogP) is 3.27. The van der Waals surface area contributed by atoms with Crippen LogP contribution in [0.3, 0.4) is 0 Å². The van der Waals surface area contributed by atoms with E-state index in [2.05, 4.69) is 10.6 Å². The highest BCUT2D eigenvalue weighted by molar-refractivity contribution is 6.30. The van der Waals surface area contributed by atoms with E-state index in [4.69, 9.17) is 11.6 Å². The lowest BCUT2D eigenvalue weighted by Crippen LogP contribution is -2.39. The molecule has 0 unspecified atom stereocenters. The molecule has 1 atom stereocenters. The molecule has 0 radical (unpaired) electrons. The maximum absolute atomic E-state index is 12.1. The molecule has 0 bridgehead atoms. The van der Waals surface area contributed by atoms with Gasteiger partial charge in [0, 0.05) is 29.4 Å². The van der Waals surface area contributed by atoms with E-state index in [0.29, 0.717) is 23.7 Å². The average Bonchev–Trinajstić information content (AvgIpc) is 2.91. The van der Waals surface area contributed by atoms with Crippen LogP contribution in [0.4, 0.5) is 16.2 Å². The molecule has 1 fully saturated rings. The van der Waals surface area contributed by atoms with E-state index in [-0.39, 0.29) is 18.0 Å². The Balaban J connectivity index is 1.57. The van der Waals surface area contributed by atoms with Crippen LogP contribution in [0, 0.1) is 0 Å². The summed E-state index contributed by atoms with van der Waals surface area (Å²) in [5, 5.41) is 6.16. The predicted molar refractivity (Wildman–Crippen MR) is 90.8 cm³/mol. The number of carbonyl (C=O) groups is 2. The number of nitrogens with zero attached hydrogens (tertiary/aromatic N) is 1. The molecule has 23 heavy (non-hydrogen) atoms. The highest BCUT2D eigenvalue weighted by atomic mass is 35.5. The first-order valence-corrected chi connectivity index (χ1v) is 7.68. The number of anilines is 2. The molecule has 1 aliphatic rings. The molecule has 1 aliphatic heterocycles. The Labute approximate surface area is 139 Å². The molecule has 118 valence electrons. The van der Waals surface area contributed by atoms with E-state index in [1.165, 1.54) is 0 Å². The maximum Gasteiger partial charge on any atom is 0.319 e. The second-order valence-corrected chi connectivity index (χ2v) is 5.78. The summed E-state index contributed by atoms with van der Waals surface area (Å²) in [6.07, 6.45) is 0.295. The van der Waals surface area contributed by atoms with E-state index in [0.717, 1.165) is 5.69 Å². The van der Waals surface area contributed by atoms with Crippen molar-refractivity contribution in [1.82, 2.24) is 5.32 Å². The van der Waals surface area contributed by atoms with Gasteiger partial charge in [0.2, 0.25) is 5.91 Å². The van der Waals surface area contributed by atoms with Gasteiger partial charge in [-0.1, -0.05) is 29.8 Å². The summed E-state index contributed by atoms with van der Waals surface area (Å²) >= 11 is 5.80. The fourth-order valence-corrected chi connectivity index (χ4v) is 2.67. The van der Waals surface area contributed by atoms with Crippen LogP contribution in [0.5, 0.6) is 0 Å². The van der Waals surface area contributed by atoms with Crippen LogP contribution < -0.4 is 15.5 Å². The van der Waals surface area contributed by atoms with Crippen molar-refractivity contribution in [2.24, 2.45) is 0 Å². The van der Waals surface area contributed by atoms with Crippen LogP contribution in [0.25, 0.3) is 0 Å². The number of urea groups is 1. The lowest BCUT2D eigenvalue weighted by molar-refractivity contribution is -0.117. The largest absolute Gasteiger partial charge is 0.333 e. The van der Waals surface area contributed by atoms with Crippen molar-refractivity contribution < 1.29 is 9.59 Å². The molecule has 3 rings (SSSR count). The van der Waals surface area contributed by atoms with Crippen LogP contribution >= 0.6 is 11.6 Å². The number of nitrogens with one attached hydrogen (secondary N) is 2. The number of carbonyl (C=O) groups excluding carboxylic acids is 2. The van der Waals surface area contributed by atoms with Gasteiger partial charge in [-0.05, 0) is 36.4 Å². The van der Waals surface area contributed by atoms with Gasteiger partial charge in [0.25, 0.3) is 0 Å². The van der Waals surface area contributed by atoms with Gasteiger partial charge < -0.3 is 15.5 Å². The van der Waals surface area contributed by atoms with Crippen LogP contribution in [0.1, 0.15) is 6.42 Å². The zero-order chi connectivity index (χ0) is 16.2. The van der Waals surface area contributed by atoms with Crippen LogP contribution in [0.2, 0.25) is 5.02 Å². The summed E-state index contributed by atoms with van der Waals surface area (Å²) < 4.78 is 0. The first-order valence-electron chi connectivity index (χ1n) is 7.30. The van der Waals surface area contributed by atoms with Crippen molar-refractivity contribution >= 4 is 34.9 Å². The lowest BCUT2D eigenvalue weighted by atomic mass is 10.2. The summed E-state index contributed by atoms with van der Waals surface area (Å²) in [7, 11) is 0. The van der Waals surface area contributed by atoms with Gasteiger partial charge >= 0.3 is 6.03 Å². The Morgan fingerprint density at radius 2 is 1.78 bits per heavy atom. The highest BCUT2D eigenvalue weighted by Crippen LogP contribution is 2.21. The Kier molecular flexibility index (Phi) is 4.48. The second-order valence-electron chi connectivity index (χ2n) is 5.35. The standard InChI is InChI=1S/C17H16ClN3O2/c18-12-6-8-13(9-7-12)19-17(23)20-14-10-16(22)21(11-14)15-4-2-1-3-5-15/h1-9,14H,10-11H2,(H2,19,20,23)/t14-/m0/s1. The monoisotopic (exact) mass is 329 g/mol. The molecular weight excluding hydrogens is 314 g/mol. The summed E-state index contributed by atoms with van der Waals surface area (Å²) in [6.45, 7) is 0.469. The molecule has 5 nitrogen and oxygen atoms in total. The summed E-state index contributed by atoms with van der Waals surface area (Å²) in [5.41, 5.74) is 1.50. The molecule has 2 aromatic rings. The number of amides is 3. The molecule has 0 saturated carbocycles. The number of rotatable bonds is 3. The minimum atomic E-state index is -0.333. The van der Waals surface area contributed by atoms with E-state index < -0.39 is 0 Å². The molecule has 0 aromatic heterocycles. The van der Waals surface area contributed by atoms with Crippen molar-refractivity contribution in [3.63, 3.8) is 0 Å². The van der Waals surface area contributed by atoms with Gasteiger partial charge in [-0.3, -0.25) is 4.79 Å². The van der Waals surface area contributed by atoms with Crippen molar-refractivity contribution in [1.29, 1.82) is 0 Å². The summed E-state index contributed by atoms with van der Waals surface area (Å²) in [4.78, 5) is 25.8. The Morgan fingerprint density at radius 1 is 1.09 bits per heavy atom. The van der Waals surface area contributed by atoms with Crippen LogP contribution in [-0.2, 0) is 4.79 Å². The molecule has 3 amide bonds. The second kappa shape index (κ2) is 6.71. The topological polar surface area (TPSA) is 61.4 Å². The normalized spacial score (nSPS) is 17.2. The third kappa shape index (κ3) is 3.81. The molecule has 1 saturated heterocycles. The van der Waals surface area contributed by atoms with Crippen molar-refractivity contribution in [3.05, 3.63) is 59.6 Å².